The largest absolute Gasteiger partial charge is 0.330 e. The summed E-state index contributed by atoms with van der Waals surface area (Å²) >= 11 is 0. The molecule has 0 aromatic heterocycles. The lowest BCUT2D eigenvalue weighted by molar-refractivity contribution is 0.0428. The molecule has 1 heterocycles. The van der Waals surface area contributed by atoms with Crippen molar-refractivity contribution in [3.8, 4) is 0 Å². The van der Waals surface area contributed by atoms with Crippen LogP contribution < -0.4 is 5.73 Å². The van der Waals surface area contributed by atoms with Crippen LogP contribution >= 0.6 is 0 Å². The molecule has 1 saturated heterocycles. The van der Waals surface area contributed by atoms with Gasteiger partial charge in [-0.1, -0.05) is 0 Å². The molecule has 1 aliphatic heterocycles. The van der Waals surface area contributed by atoms with Crippen LogP contribution in [0.25, 0.3) is 0 Å². The normalized spacial score (nSPS) is 36.2. The maximum atomic E-state index is 5.68. The van der Waals surface area contributed by atoms with Gasteiger partial charge in [-0.25, -0.2) is 0 Å². The van der Waals surface area contributed by atoms with Crippen molar-refractivity contribution in [3.63, 3.8) is 0 Å². The number of hydrogen-bond acceptors (Lipinski definition) is 3. The fourth-order valence-corrected chi connectivity index (χ4v) is 2.51. The van der Waals surface area contributed by atoms with Crippen LogP contribution in [0, 0.1) is 0 Å². The number of hydrogen-bond donors (Lipinski definition) is 1. The van der Waals surface area contributed by atoms with Crippen molar-refractivity contribution in [3.05, 3.63) is 0 Å². The number of nitrogens with zero attached hydrogens (tertiary/aromatic N) is 2. The summed E-state index contributed by atoms with van der Waals surface area (Å²) in [5, 5.41) is 0. The Bertz CT molecular complexity index is 191. The van der Waals surface area contributed by atoms with Crippen LogP contribution in [0.5, 0.6) is 0 Å². The van der Waals surface area contributed by atoms with Crippen molar-refractivity contribution in [2.24, 2.45) is 5.73 Å². The maximum Gasteiger partial charge on any atom is 0.0238 e. The molecule has 2 N–H and O–H groups in total. The van der Waals surface area contributed by atoms with E-state index in [0.717, 1.165) is 19.0 Å². The molecule has 0 aromatic rings. The van der Waals surface area contributed by atoms with Crippen LogP contribution in [0.3, 0.4) is 0 Å². The molecule has 3 heteroatoms. The topological polar surface area (TPSA) is 32.5 Å². The van der Waals surface area contributed by atoms with E-state index in [4.69, 9.17) is 5.73 Å². The number of nitrogens with two attached hydrogens (primary N) is 1. The molecular weight excluding hydrogens is 174 g/mol. The zero-order valence-corrected chi connectivity index (χ0v) is 9.45. The van der Waals surface area contributed by atoms with Crippen LogP contribution in [-0.4, -0.2) is 54.6 Å². The Morgan fingerprint density at radius 3 is 2.57 bits per heavy atom. The third-order valence-corrected chi connectivity index (χ3v) is 3.71. The summed E-state index contributed by atoms with van der Waals surface area (Å²) in [6.07, 6.45) is 3.99. The second-order valence-corrected chi connectivity index (χ2v) is 4.95. The second-order valence-electron chi connectivity index (χ2n) is 4.95. The maximum absolute atomic E-state index is 5.68. The Kier molecular flexibility index (Phi) is 3.10. The predicted octanol–water partition coefficient (Wildman–Crippen LogP) is 0.502. The second kappa shape index (κ2) is 4.17. The van der Waals surface area contributed by atoms with Gasteiger partial charge in [-0.3, -0.25) is 4.90 Å². The van der Waals surface area contributed by atoms with Crippen molar-refractivity contribution < 1.29 is 0 Å². The minimum atomic E-state index is 0.713. The van der Waals surface area contributed by atoms with E-state index in [2.05, 4.69) is 23.8 Å². The summed E-state index contributed by atoms with van der Waals surface area (Å²) < 4.78 is 0. The van der Waals surface area contributed by atoms with Crippen LogP contribution in [0.2, 0.25) is 0 Å². The van der Waals surface area contributed by atoms with Gasteiger partial charge in [0, 0.05) is 31.2 Å². The molecule has 3 nitrogen and oxygen atoms in total. The zero-order chi connectivity index (χ0) is 10.1. The highest BCUT2D eigenvalue weighted by molar-refractivity contribution is 4.94. The number of piperazine rings is 1. The molecule has 0 aromatic carbocycles. The molecule has 0 bridgehead atoms. The van der Waals surface area contributed by atoms with Crippen molar-refractivity contribution in [1.82, 2.24) is 9.80 Å². The SMILES string of the molecule is CC1CN(C2CC2)C(CCN)CN1C. The van der Waals surface area contributed by atoms with E-state index in [-0.39, 0.29) is 0 Å². The lowest BCUT2D eigenvalue weighted by Gasteiger charge is -2.44. The van der Waals surface area contributed by atoms with Crippen molar-refractivity contribution in [1.29, 1.82) is 0 Å². The zero-order valence-electron chi connectivity index (χ0n) is 9.45. The Labute approximate surface area is 87.2 Å². The van der Waals surface area contributed by atoms with E-state index < -0.39 is 0 Å². The van der Waals surface area contributed by atoms with E-state index in [1.807, 2.05) is 0 Å². The van der Waals surface area contributed by atoms with Crippen LogP contribution in [0.1, 0.15) is 26.2 Å². The average molecular weight is 197 g/mol. The minimum absolute atomic E-state index is 0.713. The molecule has 82 valence electrons. The number of rotatable bonds is 3. The highest BCUT2D eigenvalue weighted by atomic mass is 15.3. The van der Waals surface area contributed by atoms with E-state index >= 15 is 0 Å². The standard InChI is InChI=1S/C11H23N3/c1-9-7-14(10-3-4-10)11(5-6-12)8-13(9)2/h9-11H,3-8,12H2,1-2H3. The minimum Gasteiger partial charge on any atom is -0.330 e. The van der Waals surface area contributed by atoms with Gasteiger partial charge in [0.2, 0.25) is 0 Å². The molecular formula is C11H23N3. The third-order valence-electron chi connectivity index (χ3n) is 3.71. The smallest absolute Gasteiger partial charge is 0.0238 e. The Hall–Kier alpha value is -0.120. The first-order valence-electron chi connectivity index (χ1n) is 5.88. The van der Waals surface area contributed by atoms with Gasteiger partial charge in [0.25, 0.3) is 0 Å². The quantitative estimate of drug-likeness (QED) is 0.715. The van der Waals surface area contributed by atoms with Gasteiger partial charge in [-0.05, 0) is 39.8 Å². The van der Waals surface area contributed by atoms with E-state index in [9.17, 15) is 0 Å². The first-order chi connectivity index (χ1) is 6.72. The predicted molar refractivity (Wildman–Crippen MR) is 59.3 cm³/mol. The third kappa shape index (κ3) is 2.10. The van der Waals surface area contributed by atoms with E-state index in [1.165, 1.54) is 25.9 Å². The number of likely N-dealkylation sites (N-methyl/N-ethyl adjacent to an activating group) is 1. The molecule has 0 spiro atoms. The lowest BCUT2D eigenvalue weighted by atomic mass is 10.1. The fraction of sp³-hybridized carbons (Fsp3) is 1.00. The molecule has 0 amide bonds. The van der Waals surface area contributed by atoms with E-state index in [1.54, 1.807) is 0 Å². The Balaban J connectivity index is 1.96. The summed E-state index contributed by atoms with van der Waals surface area (Å²) in [6, 6.07) is 2.32. The molecule has 1 aliphatic carbocycles. The first kappa shape index (κ1) is 10.4. The molecule has 2 unspecified atom stereocenters. The van der Waals surface area contributed by atoms with Gasteiger partial charge in [0.15, 0.2) is 0 Å². The summed E-state index contributed by atoms with van der Waals surface area (Å²) in [6.45, 7) is 5.60. The molecule has 2 rings (SSSR count). The van der Waals surface area contributed by atoms with Crippen molar-refractivity contribution >= 4 is 0 Å². The van der Waals surface area contributed by atoms with Crippen molar-refractivity contribution in [2.45, 2.75) is 44.3 Å². The highest BCUT2D eigenvalue weighted by Crippen LogP contribution is 2.32. The molecule has 1 saturated carbocycles. The summed E-state index contributed by atoms with van der Waals surface area (Å²) in [5.74, 6) is 0. The average Bonchev–Trinajstić information content (AvgIpc) is 2.94. The highest BCUT2D eigenvalue weighted by Gasteiger charge is 2.38. The molecule has 2 atom stereocenters. The molecule has 0 radical (unpaired) electrons. The molecule has 2 fully saturated rings. The lowest BCUT2D eigenvalue weighted by Crippen LogP contribution is -2.57. The van der Waals surface area contributed by atoms with Crippen molar-refractivity contribution in [2.75, 3.05) is 26.7 Å². The summed E-state index contributed by atoms with van der Waals surface area (Å²) in [5.41, 5.74) is 5.68. The van der Waals surface area contributed by atoms with Gasteiger partial charge in [-0.15, -0.1) is 0 Å². The van der Waals surface area contributed by atoms with Crippen LogP contribution in [-0.2, 0) is 0 Å². The first-order valence-corrected chi connectivity index (χ1v) is 5.88. The molecule has 14 heavy (non-hydrogen) atoms. The van der Waals surface area contributed by atoms with Gasteiger partial charge in [0.1, 0.15) is 0 Å². The van der Waals surface area contributed by atoms with Gasteiger partial charge >= 0.3 is 0 Å². The Morgan fingerprint density at radius 1 is 1.29 bits per heavy atom. The Morgan fingerprint density at radius 2 is 2.00 bits per heavy atom. The van der Waals surface area contributed by atoms with Gasteiger partial charge in [-0.2, -0.15) is 0 Å². The molecule has 2 aliphatic rings. The monoisotopic (exact) mass is 197 g/mol. The van der Waals surface area contributed by atoms with Crippen LogP contribution in [0.4, 0.5) is 0 Å². The van der Waals surface area contributed by atoms with E-state index in [0.29, 0.717) is 12.1 Å². The van der Waals surface area contributed by atoms with Crippen LogP contribution in [0.15, 0.2) is 0 Å². The van der Waals surface area contributed by atoms with Gasteiger partial charge in [0.05, 0.1) is 0 Å². The fourth-order valence-electron chi connectivity index (χ4n) is 2.51. The summed E-state index contributed by atoms with van der Waals surface area (Å²) in [7, 11) is 2.23. The van der Waals surface area contributed by atoms with Gasteiger partial charge < -0.3 is 10.6 Å². The summed E-state index contributed by atoms with van der Waals surface area (Å²) in [4.78, 5) is 5.18.